The standard InChI is InChI=1S/C31H39N3O4S/c1-5-25-17-19-27(20-18-25)34(39(37,38)28-15-11-8-12-16-28)23-30(35)33(22-26-13-9-7-10-14-26)29(6-2)31(36)32-21-24(3)4/h7-20,24,29H,5-6,21-23H2,1-4H3,(H,32,36)/t29-/m0/s1. The van der Waals surface area contributed by atoms with Crippen LogP contribution in [0, 0.1) is 5.92 Å². The zero-order valence-corrected chi connectivity index (χ0v) is 24.0. The van der Waals surface area contributed by atoms with Gasteiger partial charge in [-0.05, 0) is 54.2 Å². The molecule has 0 unspecified atom stereocenters. The van der Waals surface area contributed by atoms with Crippen LogP contribution >= 0.6 is 0 Å². The zero-order chi connectivity index (χ0) is 28.4. The lowest BCUT2D eigenvalue weighted by atomic mass is 10.1. The molecule has 0 saturated heterocycles. The molecule has 0 bridgehead atoms. The van der Waals surface area contributed by atoms with Crippen LogP contribution in [0.5, 0.6) is 0 Å². The van der Waals surface area contributed by atoms with Gasteiger partial charge in [-0.2, -0.15) is 0 Å². The van der Waals surface area contributed by atoms with Gasteiger partial charge in [0.2, 0.25) is 11.8 Å². The van der Waals surface area contributed by atoms with Gasteiger partial charge in [0.15, 0.2) is 0 Å². The molecule has 0 aliphatic rings. The van der Waals surface area contributed by atoms with Gasteiger partial charge in [0, 0.05) is 13.1 Å². The molecule has 1 N–H and O–H groups in total. The van der Waals surface area contributed by atoms with Crippen LogP contribution in [0.4, 0.5) is 5.69 Å². The fourth-order valence-corrected chi connectivity index (χ4v) is 5.70. The van der Waals surface area contributed by atoms with Crippen molar-refractivity contribution in [1.82, 2.24) is 10.2 Å². The summed E-state index contributed by atoms with van der Waals surface area (Å²) in [6, 6.07) is 23.9. The van der Waals surface area contributed by atoms with E-state index in [0.29, 0.717) is 18.7 Å². The van der Waals surface area contributed by atoms with E-state index in [4.69, 9.17) is 0 Å². The third-order valence-corrected chi connectivity index (χ3v) is 8.30. The highest BCUT2D eigenvalue weighted by atomic mass is 32.2. The van der Waals surface area contributed by atoms with Crippen LogP contribution in [0.3, 0.4) is 0 Å². The minimum atomic E-state index is -4.06. The third-order valence-electron chi connectivity index (χ3n) is 6.51. The summed E-state index contributed by atoms with van der Waals surface area (Å²) >= 11 is 0. The van der Waals surface area contributed by atoms with E-state index in [0.717, 1.165) is 21.9 Å². The van der Waals surface area contributed by atoms with Crippen molar-refractivity contribution in [1.29, 1.82) is 0 Å². The number of hydrogen-bond donors (Lipinski definition) is 1. The molecule has 39 heavy (non-hydrogen) atoms. The molecule has 3 aromatic carbocycles. The zero-order valence-electron chi connectivity index (χ0n) is 23.2. The second-order valence-electron chi connectivity index (χ2n) is 9.92. The highest BCUT2D eigenvalue weighted by Gasteiger charge is 2.33. The number of anilines is 1. The summed E-state index contributed by atoms with van der Waals surface area (Å²) in [6.45, 7) is 8.11. The summed E-state index contributed by atoms with van der Waals surface area (Å²) in [5.41, 5.74) is 2.30. The predicted molar refractivity (Wildman–Crippen MR) is 156 cm³/mol. The molecule has 0 radical (unpaired) electrons. The first-order valence-corrected chi connectivity index (χ1v) is 14.9. The molecule has 0 fully saturated rings. The van der Waals surface area contributed by atoms with Crippen LogP contribution in [0.25, 0.3) is 0 Å². The topological polar surface area (TPSA) is 86.8 Å². The van der Waals surface area contributed by atoms with Crippen LogP contribution in [-0.2, 0) is 32.6 Å². The number of nitrogens with one attached hydrogen (secondary N) is 1. The van der Waals surface area contributed by atoms with Crippen LogP contribution in [0.2, 0.25) is 0 Å². The van der Waals surface area contributed by atoms with E-state index in [-0.39, 0.29) is 23.3 Å². The lowest BCUT2D eigenvalue weighted by Crippen LogP contribution is -2.52. The fourth-order valence-electron chi connectivity index (χ4n) is 4.27. The van der Waals surface area contributed by atoms with Gasteiger partial charge in [-0.15, -0.1) is 0 Å². The van der Waals surface area contributed by atoms with Crippen molar-refractivity contribution in [2.24, 2.45) is 5.92 Å². The number of sulfonamides is 1. The Kier molecular flexibility index (Phi) is 10.7. The summed E-state index contributed by atoms with van der Waals surface area (Å²) in [5, 5.41) is 2.94. The summed E-state index contributed by atoms with van der Waals surface area (Å²) in [5.74, 6) is -0.452. The van der Waals surface area contributed by atoms with Gasteiger partial charge < -0.3 is 10.2 Å². The number of carbonyl (C=O) groups excluding carboxylic acids is 2. The van der Waals surface area contributed by atoms with Crippen LogP contribution in [0.15, 0.2) is 89.8 Å². The minimum absolute atomic E-state index is 0.0914. The average Bonchev–Trinajstić information content (AvgIpc) is 2.95. The monoisotopic (exact) mass is 549 g/mol. The maximum Gasteiger partial charge on any atom is 0.264 e. The van der Waals surface area contributed by atoms with Crippen molar-refractivity contribution in [3.05, 3.63) is 96.1 Å². The third kappa shape index (κ3) is 7.93. The van der Waals surface area contributed by atoms with Gasteiger partial charge in [-0.25, -0.2) is 8.42 Å². The molecular formula is C31H39N3O4S. The number of carbonyl (C=O) groups is 2. The summed E-state index contributed by atoms with van der Waals surface area (Å²) < 4.78 is 28.8. The lowest BCUT2D eigenvalue weighted by Gasteiger charge is -2.33. The van der Waals surface area contributed by atoms with Crippen LogP contribution in [-0.4, -0.2) is 44.3 Å². The molecule has 0 aromatic heterocycles. The maximum atomic E-state index is 14.0. The van der Waals surface area contributed by atoms with Crippen molar-refractivity contribution >= 4 is 27.5 Å². The van der Waals surface area contributed by atoms with Crippen molar-refractivity contribution in [2.75, 3.05) is 17.4 Å². The van der Waals surface area contributed by atoms with Crippen molar-refractivity contribution < 1.29 is 18.0 Å². The van der Waals surface area contributed by atoms with E-state index in [2.05, 4.69) is 5.32 Å². The Hall–Kier alpha value is -3.65. The Balaban J connectivity index is 2.02. The van der Waals surface area contributed by atoms with Crippen molar-refractivity contribution in [3.8, 4) is 0 Å². The second-order valence-corrected chi connectivity index (χ2v) is 11.8. The molecule has 0 saturated carbocycles. The van der Waals surface area contributed by atoms with Gasteiger partial charge >= 0.3 is 0 Å². The average molecular weight is 550 g/mol. The van der Waals surface area contributed by atoms with Gasteiger partial charge in [0.05, 0.1) is 10.6 Å². The van der Waals surface area contributed by atoms with E-state index in [1.807, 2.05) is 70.2 Å². The normalized spacial score (nSPS) is 12.1. The second kappa shape index (κ2) is 13.9. The van der Waals surface area contributed by atoms with Gasteiger partial charge in [0.25, 0.3) is 10.0 Å². The maximum absolute atomic E-state index is 14.0. The Morgan fingerprint density at radius 3 is 1.95 bits per heavy atom. The summed E-state index contributed by atoms with van der Waals surface area (Å²) in [6.07, 6.45) is 1.19. The lowest BCUT2D eigenvalue weighted by molar-refractivity contribution is -0.140. The minimum Gasteiger partial charge on any atom is -0.354 e. The summed E-state index contributed by atoms with van der Waals surface area (Å²) in [4.78, 5) is 28.8. The summed E-state index contributed by atoms with van der Waals surface area (Å²) in [7, 11) is -4.06. The number of rotatable bonds is 13. The van der Waals surface area contributed by atoms with E-state index >= 15 is 0 Å². The van der Waals surface area contributed by atoms with Gasteiger partial charge in [0.1, 0.15) is 12.6 Å². The fraction of sp³-hybridized carbons (Fsp3) is 0.355. The molecule has 3 rings (SSSR count). The molecule has 208 valence electrons. The number of benzene rings is 3. The smallest absolute Gasteiger partial charge is 0.264 e. The van der Waals surface area contributed by atoms with Crippen LogP contribution in [0.1, 0.15) is 45.2 Å². The van der Waals surface area contributed by atoms with Gasteiger partial charge in [-0.1, -0.05) is 88.4 Å². The predicted octanol–water partition coefficient (Wildman–Crippen LogP) is 5.02. The van der Waals surface area contributed by atoms with E-state index in [9.17, 15) is 18.0 Å². The van der Waals surface area contributed by atoms with Crippen molar-refractivity contribution in [3.63, 3.8) is 0 Å². The van der Waals surface area contributed by atoms with Crippen molar-refractivity contribution in [2.45, 2.75) is 58.0 Å². The largest absolute Gasteiger partial charge is 0.354 e. The Bertz CT molecular complexity index is 1310. The molecule has 0 aliphatic carbocycles. The van der Waals surface area contributed by atoms with E-state index < -0.39 is 28.5 Å². The first-order chi connectivity index (χ1) is 18.7. The molecule has 0 heterocycles. The number of amides is 2. The molecule has 2 amide bonds. The number of nitrogens with zero attached hydrogens (tertiary/aromatic N) is 2. The molecule has 8 heteroatoms. The molecule has 3 aromatic rings. The molecule has 0 spiro atoms. The van der Waals surface area contributed by atoms with E-state index in [1.165, 1.54) is 17.0 Å². The molecule has 7 nitrogen and oxygen atoms in total. The highest BCUT2D eigenvalue weighted by Crippen LogP contribution is 2.25. The molecule has 0 aliphatic heterocycles. The number of hydrogen-bond acceptors (Lipinski definition) is 4. The molecular weight excluding hydrogens is 510 g/mol. The Morgan fingerprint density at radius 1 is 0.821 bits per heavy atom. The first-order valence-electron chi connectivity index (χ1n) is 13.4. The van der Waals surface area contributed by atoms with Crippen LogP contribution < -0.4 is 9.62 Å². The Morgan fingerprint density at radius 2 is 1.41 bits per heavy atom. The quantitative estimate of drug-likeness (QED) is 0.324. The van der Waals surface area contributed by atoms with Gasteiger partial charge in [-0.3, -0.25) is 13.9 Å². The molecule has 1 atom stereocenters. The highest BCUT2D eigenvalue weighted by molar-refractivity contribution is 7.92. The SMILES string of the molecule is CCc1ccc(N(CC(=O)N(Cc2ccccc2)[C@@H](CC)C(=O)NCC(C)C)S(=O)(=O)c2ccccc2)cc1. The number of aryl methyl sites for hydroxylation is 1. The Labute approximate surface area is 232 Å². The first kappa shape index (κ1) is 29.9. The van der Waals surface area contributed by atoms with E-state index in [1.54, 1.807) is 30.3 Å².